The zero-order chi connectivity index (χ0) is 17.8. The summed E-state index contributed by atoms with van der Waals surface area (Å²) in [6.07, 6.45) is 0. The van der Waals surface area contributed by atoms with Gasteiger partial charge in [-0.2, -0.15) is 0 Å². The van der Waals surface area contributed by atoms with E-state index in [1.165, 1.54) is 5.56 Å². The molecule has 1 N–H and O–H groups in total. The third-order valence-electron chi connectivity index (χ3n) is 3.97. The van der Waals surface area contributed by atoms with Crippen molar-refractivity contribution in [3.05, 3.63) is 89.0 Å². The molecule has 0 saturated heterocycles. The van der Waals surface area contributed by atoms with Crippen LogP contribution >= 0.6 is 0 Å². The highest BCUT2D eigenvalue weighted by Crippen LogP contribution is 2.29. The van der Waals surface area contributed by atoms with E-state index in [1.807, 2.05) is 56.3 Å². The Hall–Kier alpha value is -3.07. The number of carbonyl (C=O) groups excluding carboxylic acids is 1. The molecule has 0 saturated carbocycles. The molecule has 3 nitrogen and oxygen atoms in total. The number of carbonyl (C=O) groups is 1. The second kappa shape index (κ2) is 7.22. The maximum absolute atomic E-state index is 12.3. The lowest BCUT2D eigenvalue weighted by atomic mass is 10.1. The van der Waals surface area contributed by atoms with E-state index in [9.17, 15) is 4.79 Å². The number of benzene rings is 3. The Balaban J connectivity index is 1.73. The van der Waals surface area contributed by atoms with Crippen molar-refractivity contribution in [1.82, 2.24) is 0 Å². The standard InChI is InChI=1S/C22H21NO2/c1-15-13-16(2)21(17(3)14-15)25-20-11-9-18(10-12-20)22(24)23-19-7-5-4-6-8-19/h4-14H,1-3H3,(H,23,24). The van der Waals surface area contributed by atoms with Crippen LogP contribution in [0.3, 0.4) is 0 Å². The van der Waals surface area contributed by atoms with Gasteiger partial charge < -0.3 is 10.1 Å². The number of amides is 1. The molecule has 3 aromatic rings. The van der Waals surface area contributed by atoms with Crippen LogP contribution < -0.4 is 10.1 Å². The minimum atomic E-state index is -0.138. The Morgan fingerprint density at radius 3 is 2.04 bits per heavy atom. The zero-order valence-electron chi connectivity index (χ0n) is 14.7. The van der Waals surface area contributed by atoms with Crippen LogP contribution in [0, 0.1) is 20.8 Å². The van der Waals surface area contributed by atoms with Gasteiger partial charge in [-0.05, 0) is 68.3 Å². The average molecular weight is 331 g/mol. The summed E-state index contributed by atoms with van der Waals surface area (Å²) < 4.78 is 6.02. The molecule has 1 amide bonds. The molecule has 0 aliphatic rings. The van der Waals surface area contributed by atoms with E-state index >= 15 is 0 Å². The quantitative estimate of drug-likeness (QED) is 0.670. The van der Waals surface area contributed by atoms with E-state index in [0.717, 1.165) is 22.6 Å². The summed E-state index contributed by atoms with van der Waals surface area (Å²) in [6.45, 7) is 6.15. The van der Waals surface area contributed by atoms with Crippen molar-refractivity contribution < 1.29 is 9.53 Å². The van der Waals surface area contributed by atoms with Gasteiger partial charge in [-0.1, -0.05) is 35.9 Å². The molecule has 0 fully saturated rings. The van der Waals surface area contributed by atoms with Crippen LogP contribution in [0.25, 0.3) is 0 Å². The van der Waals surface area contributed by atoms with E-state index in [0.29, 0.717) is 11.3 Å². The van der Waals surface area contributed by atoms with Gasteiger partial charge in [0.1, 0.15) is 11.5 Å². The Labute approximate surface area is 148 Å². The monoisotopic (exact) mass is 331 g/mol. The molecular formula is C22H21NO2. The average Bonchev–Trinajstić information content (AvgIpc) is 2.59. The summed E-state index contributed by atoms with van der Waals surface area (Å²) in [4.78, 5) is 12.3. The maximum Gasteiger partial charge on any atom is 0.255 e. The minimum Gasteiger partial charge on any atom is -0.457 e. The van der Waals surface area contributed by atoms with Gasteiger partial charge in [0.05, 0.1) is 0 Å². The maximum atomic E-state index is 12.3. The second-order valence-electron chi connectivity index (χ2n) is 6.17. The number of para-hydroxylation sites is 1. The Kier molecular flexibility index (Phi) is 4.85. The predicted octanol–water partition coefficient (Wildman–Crippen LogP) is 5.66. The van der Waals surface area contributed by atoms with Crippen molar-refractivity contribution in [1.29, 1.82) is 0 Å². The van der Waals surface area contributed by atoms with E-state index in [2.05, 4.69) is 24.4 Å². The molecule has 3 aromatic carbocycles. The van der Waals surface area contributed by atoms with Crippen LogP contribution in [0.2, 0.25) is 0 Å². The molecule has 25 heavy (non-hydrogen) atoms. The van der Waals surface area contributed by atoms with Gasteiger partial charge in [-0.3, -0.25) is 4.79 Å². The topological polar surface area (TPSA) is 38.3 Å². The van der Waals surface area contributed by atoms with Crippen molar-refractivity contribution in [3.63, 3.8) is 0 Å². The van der Waals surface area contributed by atoms with Crippen LogP contribution in [-0.2, 0) is 0 Å². The van der Waals surface area contributed by atoms with Gasteiger partial charge in [0.15, 0.2) is 0 Å². The highest BCUT2D eigenvalue weighted by Gasteiger charge is 2.09. The van der Waals surface area contributed by atoms with Gasteiger partial charge in [-0.15, -0.1) is 0 Å². The van der Waals surface area contributed by atoms with E-state index < -0.39 is 0 Å². The molecule has 0 unspecified atom stereocenters. The number of ether oxygens (including phenoxy) is 1. The Morgan fingerprint density at radius 2 is 1.44 bits per heavy atom. The van der Waals surface area contributed by atoms with Crippen LogP contribution in [0.4, 0.5) is 5.69 Å². The first-order chi connectivity index (χ1) is 12.0. The first-order valence-corrected chi connectivity index (χ1v) is 8.25. The number of hydrogen-bond donors (Lipinski definition) is 1. The summed E-state index contributed by atoms with van der Waals surface area (Å²) in [5, 5.41) is 2.87. The van der Waals surface area contributed by atoms with Gasteiger partial charge >= 0.3 is 0 Å². The van der Waals surface area contributed by atoms with Crippen LogP contribution in [0.1, 0.15) is 27.0 Å². The van der Waals surface area contributed by atoms with Gasteiger partial charge in [0.2, 0.25) is 0 Å². The summed E-state index contributed by atoms with van der Waals surface area (Å²) in [5.74, 6) is 1.44. The lowest BCUT2D eigenvalue weighted by molar-refractivity contribution is 0.102. The first kappa shape index (κ1) is 16.8. The van der Waals surface area contributed by atoms with E-state index in [1.54, 1.807) is 12.1 Å². The SMILES string of the molecule is Cc1cc(C)c(Oc2ccc(C(=O)Nc3ccccc3)cc2)c(C)c1. The molecule has 0 atom stereocenters. The highest BCUT2D eigenvalue weighted by atomic mass is 16.5. The van der Waals surface area contributed by atoms with Crippen molar-refractivity contribution in [3.8, 4) is 11.5 Å². The van der Waals surface area contributed by atoms with Gasteiger partial charge in [0, 0.05) is 11.3 Å². The molecule has 0 radical (unpaired) electrons. The molecule has 3 heteroatoms. The Morgan fingerprint density at radius 1 is 0.840 bits per heavy atom. The number of hydrogen-bond acceptors (Lipinski definition) is 2. The van der Waals surface area contributed by atoms with E-state index in [-0.39, 0.29) is 5.91 Å². The van der Waals surface area contributed by atoms with Crippen molar-refractivity contribution in [2.45, 2.75) is 20.8 Å². The third kappa shape index (κ3) is 4.07. The summed E-state index contributed by atoms with van der Waals surface area (Å²) in [5.41, 5.74) is 4.79. The fraction of sp³-hybridized carbons (Fsp3) is 0.136. The molecule has 0 bridgehead atoms. The Bertz CT molecular complexity index is 861. The smallest absolute Gasteiger partial charge is 0.255 e. The molecule has 3 rings (SSSR count). The summed E-state index contributed by atoms with van der Waals surface area (Å²) >= 11 is 0. The van der Waals surface area contributed by atoms with Crippen LogP contribution in [0.5, 0.6) is 11.5 Å². The molecule has 0 aliphatic carbocycles. The first-order valence-electron chi connectivity index (χ1n) is 8.25. The minimum absolute atomic E-state index is 0.138. The number of aryl methyl sites for hydroxylation is 3. The molecule has 0 heterocycles. The molecule has 126 valence electrons. The molecule has 0 aliphatic heterocycles. The summed E-state index contributed by atoms with van der Waals surface area (Å²) in [6, 6.07) is 20.8. The normalized spacial score (nSPS) is 10.4. The molecule has 0 spiro atoms. The van der Waals surface area contributed by atoms with Crippen molar-refractivity contribution >= 4 is 11.6 Å². The van der Waals surface area contributed by atoms with Gasteiger partial charge in [0.25, 0.3) is 5.91 Å². The lowest BCUT2D eigenvalue weighted by Gasteiger charge is -2.13. The lowest BCUT2D eigenvalue weighted by Crippen LogP contribution is -2.11. The van der Waals surface area contributed by atoms with Crippen LogP contribution in [0.15, 0.2) is 66.7 Å². The van der Waals surface area contributed by atoms with E-state index in [4.69, 9.17) is 4.74 Å². The second-order valence-corrected chi connectivity index (χ2v) is 6.17. The number of nitrogens with one attached hydrogen (secondary N) is 1. The summed E-state index contributed by atoms with van der Waals surface area (Å²) in [7, 11) is 0. The van der Waals surface area contributed by atoms with Crippen molar-refractivity contribution in [2.75, 3.05) is 5.32 Å². The van der Waals surface area contributed by atoms with Crippen LogP contribution in [-0.4, -0.2) is 5.91 Å². The molecule has 0 aromatic heterocycles. The fourth-order valence-corrected chi connectivity index (χ4v) is 2.84. The largest absolute Gasteiger partial charge is 0.457 e. The zero-order valence-corrected chi connectivity index (χ0v) is 14.7. The third-order valence-corrected chi connectivity index (χ3v) is 3.97. The van der Waals surface area contributed by atoms with Crippen molar-refractivity contribution in [2.24, 2.45) is 0 Å². The highest BCUT2D eigenvalue weighted by molar-refractivity contribution is 6.04. The predicted molar refractivity (Wildman–Crippen MR) is 102 cm³/mol. The molecular weight excluding hydrogens is 310 g/mol. The number of rotatable bonds is 4. The fourth-order valence-electron chi connectivity index (χ4n) is 2.84. The number of anilines is 1. The van der Waals surface area contributed by atoms with Gasteiger partial charge in [-0.25, -0.2) is 0 Å².